The van der Waals surface area contributed by atoms with Crippen molar-refractivity contribution in [2.45, 2.75) is 6.92 Å². The van der Waals surface area contributed by atoms with E-state index in [2.05, 4.69) is 0 Å². The molecule has 0 bridgehead atoms. The van der Waals surface area contributed by atoms with Gasteiger partial charge in [-0.2, -0.15) is 0 Å². The summed E-state index contributed by atoms with van der Waals surface area (Å²) in [6.07, 6.45) is 1.23. The van der Waals surface area contributed by atoms with Gasteiger partial charge in [0.1, 0.15) is 0 Å². The largest absolute Gasteiger partial charge is 0.383 e. The van der Waals surface area contributed by atoms with Crippen LogP contribution in [0.5, 0.6) is 0 Å². The predicted octanol–water partition coefficient (Wildman–Crippen LogP) is 1.51. The van der Waals surface area contributed by atoms with E-state index in [0.29, 0.717) is 17.0 Å². The van der Waals surface area contributed by atoms with Gasteiger partial charge in [-0.25, -0.2) is 0 Å². The minimum atomic E-state index is -0.290. The number of thiophene rings is 1. The number of Topliss-reactive ketones (excluding diaryl/α,β-unsaturated/α-hetero) is 1. The Morgan fingerprint density at radius 1 is 1.42 bits per heavy atom. The highest BCUT2D eigenvalue weighted by atomic mass is 32.1. The molecule has 0 radical (unpaired) electrons. The summed E-state index contributed by atoms with van der Waals surface area (Å²) in [4.78, 5) is 37.5. The van der Waals surface area contributed by atoms with E-state index in [1.165, 1.54) is 36.3 Å². The topological polar surface area (TPSA) is 63.7 Å². The second kappa shape index (κ2) is 5.46. The lowest BCUT2D eigenvalue weighted by Gasteiger charge is -2.24. The summed E-state index contributed by atoms with van der Waals surface area (Å²) in [5, 5.41) is 1.70. The van der Waals surface area contributed by atoms with E-state index in [9.17, 15) is 14.4 Å². The van der Waals surface area contributed by atoms with Crippen LogP contribution in [0.15, 0.2) is 23.2 Å². The molecule has 6 heteroatoms. The number of rotatable bonds is 4. The Balaban J connectivity index is 2.36. The summed E-state index contributed by atoms with van der Waals surface area (Å²) in [7, 11) is 1.51. The highest BCUT2D eigenvalue weighted by Gasteiger charge is 2.31. The first-order chi connectivity index (χ1) is 9.06. The third-order valence-corrected chi connectivity index (χ3v) is 3.75. The normalized spacial score (nSPS) is 14.1. The number of nitrogens with zero attached hydrogens (tertiary/aromatic N) is 1. The van der Waals surface area contributed by atoms with Crippen LogP contribution in [0.4, 0.5) is 0 Å². The van der Waals surface area contributed by atoms with Crippen molar-refractivity contribution in [3.05, 3.63) is 33.7 Å². The minimum absolute atomic E-state index is 0.125. The van der Waals surface area contributed by atoms with Gasteiger partial charge in [0.15, 0.2) is 5.78 Å². The Kier molecular flexibility index (Phi) is 3.92. The molecule has 1 amide bonds. The second-order valence-electron chi connectivity index (χ2n) is 4.05. The molecule has 2 rings (SSSR count). The van der Waals surface area contributed by atoms with Crippen LogP contribution >= 0.6 is 11.3 Å². The zero-order chi connectivity index (χ0) is 14.0. The van der Waals surface area contributed by atoms with E-state index >= 15 is 0 Å². The lowest BCUT2D eigenvalue weighted by molar-refractivity contribution is -0.127. The Labute approximate surface area is 114 Å². The molecule has 0 saturated heterocycles. The van der Waals surface area contributed by atoms with Gasteiger partial charge in [0.2, 0.25) is 11.7 Å². The fraction of sp³-hybridized carbons (Fsp3) is 0.308. The fourth-order valence-corrected chi connectivity index (χ4v) is 2.71. The Bertz CT molecular complexity index is 573. The number of ketones is 2. The number of hydrogen-bond acceptors (Lipinski definition) is 5. The van der Waals surface area contributed by atoms with Crippen LogP contribution in [-0.4, -0.2) is 42.6 Å². The van der Waals surface area contributed by atoms with Crippen molar-refractivity contribution < 1.29 is 19.1 Å². The van der Waals surface area contributed by atoms with Crippen molar-refractivity contribution >= 4 is 28.8 Å². The predicted molar refractivity (Wildman–Crippen MR) is 70.3 cm³/mol. The zero-order valence-electron chi connectivity index (χ0n) is 10.6. The third kappa shape index (κ3) is 2.50. The molecule has 0 unspecified atom stereocenters. The molecule has 1 aliphatic rings. The van der Waals surface area contributed by atoms with Crippen molar-refractivity contribution in [1.82, 2.24) is 4.90 Å². The average molecular weight is 279 g/mol. The smallest absolute Gasteiger partial charge is 0.224 e. The van der Waals surface area contributed by atoms with Crippen molar-refractivity contribution in [1.29, 1.82) is 0 Å². The summed E-state index contributed by atoms with van der Waals surface area (Å²) in [6, 6.07) is 1.61. The molecule has 0 atom stereocenters. The number of fused-ring (bicyclic) bond motifs is 1. The number of amides is 1. The van der Waals surface area contributed by atoms with Crippen LogP contribution in [0.1, 0.15) is 27.0 Å². The fourth-order valence-electron chi connectivity index (χ4n) is 1.90. The molecule has 0 spiro atoms. The maximum atomic E-state index is 12.3. The lowest BCUT2D eigenvalue weighted by Crippen LogP contribution is -2.36. The van der Waals surface area contributed by atoms with Gasteiger partial charge in [-0.15, -0.1) is 11.3 Å². The second-order valence-corrected chi connectivity index (χ2v) is 4.97. The third-order valence-electron chi connectivity index (χ3n) is 2.82. The van der Waals surface area contributed by atoms with Crippen molar-refractivity contribution in [2.75, 3.05) is 20.3 Å². The van der Waals surface area contributed by atoms with E-state index in [-0.39, 0.29) is 29.7 Å². The molecule has 0 fully saturated rings. The monoisotopic (exact) mass is 279 g/mol. The van der Waals surface area contributed by atoms with Gasteiger partial charge in [-0.05, 0) is 11.4 Å². The molecular formula is C13H13NO4S. The number of hydrogen-bond donors (Lipinski definition) is 0. The summed E-state index contributed by atoms with van der Waals surface area (Å²) < 4.78 is 4.91. The van der Waals surface area contributed by atoms with Crippen LogP contribution in [-0.2, 0) is 9.53 Å². The first-order valence-corrected chi connectivity index (χ1v) is 6.59. The molecule has 0 aromatic carbocycles. The highest BCUT2D eigenvalue weighted by molar-refractivity contribution is 7.12. The maximum Gasteiger partial charge on any atom is 0.224 e. The average Bonchev–Trinajstić information content (AvgIpc) is 2.85. The molecule has 0 aliphatic heterocycles. The SMILES string of the molecule is COCCN(C(C)=O)C1=CC(=O)c2sccc2C1=O. The summed E-state index contributed by atoms with van der Waals surface area (Å²) in [6.45, 7) is 1.91. The highest BCUT2D eigenvalue weighted by Crippen LogP contribution is 2.27. The molecule has 1 aromatic heterocycles. The summed E-state index contributed by atoms with van der Waals surface area (Å²) in [5.41, 5.74) is 0.497. The molecular weight excluding hydrogens is 266 g/mol. The van der Waals surface area contributed by atoms with Crippen LogP contribution in [0.25, 0.3) is 0 Å². The minimum Gasteiger partial charge on any atom is -0.383 e. The Morgan fingerprint density at radius 3 is 2.79 bits per heavy atom. The van der Waals surface area contributed by atoms with Gasteiger partial charge in [0.25, 0.3) is 0 Å². The number of ether oxygens (including phenoxy) is 1. The van der Waals surface area contributed by atoms with Gasteiger partial charge in [-0.3, -0.25) is 14.4 Å². The van der Waals surface area contributed by atoms with Crippen molar-refractivity contribution in [2.24, 2.45) is 0 Å². The van der Waals surface area contributed by atoms with E-state index in [0.717, 1.165) is 0 Å². The quantitative estimate of drug-likeness (QED) is 0.838. The van der Waals surface area contributed by atoms with Crippen molar-refractivity contribution in [3.8, 4) is 0 Å². The van der Waals surface area contributed by atoms with Crippen LogP contribution in [0.3, 0.4) is 0 Å². The Hall–Kier alpha value is -1.79. The number of carbonyl (C=O) groups is 3. The first-order valence-electron chi connectivity index (χ1n) is 5.71. The van der Waals surface area contributed by atoms with Crippen LogP contribution in [0.2, 0.25) is 0 Å². The zero-order valence-corrected chi connectivity index (χ0v) is 11.5. The molecule has 1 heterocycles. The van der Waals surface area contributed by atoms with Gasteiger partial charge < -0.3 is 9.64 Å². The van der Waals surface area contributed by atoms with E-state index in [4.69, 9.17) is 4.74 Å². The number of allylic oxidation sites excluding steroid dienone is 2. The lowest BCUT2D eigenvalue weighted by atomic mass is 9.99. The van der Waals surface area contributed by atoms with Crippen molar-refractivity contribution in [3.63, 3.8) is 0 Å². The summed E-state index contributed by atoms with van der Waals surface area (Å²) in [5.74, 6) is -0.812. The maximum absolute atomic E-state index is 12.3. The standard InChI is InChI=1S/C13H13NO4S/c1-8(15)14(4-5-18-2)10-7-11(16)13-9(12(10)17)3-6-19-13/h3,6-7H,4-5H2,1-2H3. The molecule has 100 valence electrons. The Morgan fingerprint density at radius 2 is 2.16 bits per heavy atom. The van der Waals surface area contributed by atoms with Crippen LogP contribution < -0.4 is 0 Å². The van der Waals surface area contributed by atoms with Crippen LogP contribution in [0, 0.1) is 0 Å². The molecule has 5 nitrogen and oxygen atoms in total. The van der Waals surface area contributed by atoms with Gasteiger partial charge in [0, 0.05) is 32.2 Å². The molecule has 0 N–H and O–H groups in total. The number of carbonyl (C=O) groups excluding carboxylic acids is 3. The molecule has 19 heavy (non-hydrogen) atoms. The van der Waals surface area contributed by atoms with Gasteiger partial charge >= 0.3 is 0 Å². The molecule has 1 aromatic rings. The molecule has 1 aliphatic carbocycles. The molecule has 0 saturated carbocycles. The first kappa shape index (κ1) is 13.6. The van der Waals surface area contributed by atoms with E-state index in [1.807, 2.05) is 0 Å². The van der Waals surface area contributed by atoms with Gasteiger partial charge in [0.05, 0.1) is 17.2 Å². The van der Waals surface area contributed by atoms with E-state index < -0.39 is 0 Å². The number of methoxy groups -OCH3 is 1. The summed E-state index contributed by atoms with van der Waals surface area (Å²) >= 11 is 1.23. The van der Waals surface area contributed by atoms with E-state index in [1.54, 1.807) is 11.4 Å². The van der Waals surface area contributed by atoms with Gasteiger partial charge in [-0.1, -0.05) is 0 Å².